The van der Waals surface area contributed by atoms with E-state index in [1.807, 2.05) is 6.92 Å². The summed E-state index contributed by atoms with van der Waals surface area (Å²) in [4.78, 5) is 38.3. The molecule has 41 heavy (non-hydrogen) atoms. The Morgan fingerprint density at radius 3 is 2.24 bits per heavy atom. The Morgan fingerprint density at radius 1 is 0.951 bits per heavy atom. The molecule has 2 aliphatic heterocycles. The van der Waals surface area contributed by atoms with Gasteiger partial charge in [-0.05, 0) is 106 Å². The van der Waals surface area contributed by atoms with Gasteiger partial charge in [-0.25, -0.2) is 9.59 Å². The van der Waals surface area contributed by atoms with E-state index in [1.165, 1.54) is 0 Å². The van der Waals surface area contributed by atoms with Crippen LogP contribution < -0.4 is 0 Å². The van der Waals surface area contributed by atoms with Crippen molar-refractivity contribution in [3.8, 4) is 0 Å². The van der Waals surface area contributed by atoms with Crippen LogP contribution in [0.5, 0.6) is 0 Å². The average Bonchev–Trinajstić information content (AvgIpc) is 3.72. The van der Waals surface area contributed by atoms with Gasteiger partial charge >= 0.3 is 17.9 Å². The number of fused-ring (bicyclic) bond motifs is 2. The molecule has 2 aromatic heterocycles. The van der Waals surface area contributed by atoms with Gasteiger partial charge in [-0.15, -0.1) is 0 Å². The summed E-state index contributed by atoms with van der Waals surface area (Å²) in [7, 11) is 0. The molecule has 2 saturated heterocycles. The highest BCUT2D eigenvalue weighted by molar-refractivity contribution is 9.10. The van der Waals surface area contributed by atoms with Crippen LogP contribution in [0.15, 0.2) is 42.4 Å². The molecule has 2 aromatic rings. The Balaban J connectivity index is 1.33. The van der Waals surface area contributed by atoms with Crippen LogP contribution in [0, 0.1) is 22.7 Å². The zero-order valence-corrected chi connectivity index (χ0v) is 26.5. The van der Waals surface area contributed by atoms with E-state index in [0.29, 0.717) is 15.8 Å². The Hall–Kier alpha value is -2.11. The maximum atomic E-state index is 13.2. The summed E-state index contributed by atoms with van der Waals surface area (Å²) < 4.78 is 36.3. The normalized spacial score (nSPS) is 38.2. The summed E-state index contributed by atoms with van der Waals surface area (Å²) >= 11 is 6.48. The van der Waals surface area contributed by atoms with Crippen molar-refractivity contribution < 1.29 is 42.2 Å². The van der Waals surface area contributed by atoms with Crippen LogP contribution in [0.3, 0.4) is 0 Å². The SMILES string of the molecule is C[C@@H]1CC[C@H]2[C@](C)(COC(=O)c3ccc(Br)o3)[C@@H](OC(=O)c3ccc(Br)o3)CC[C@]2(C)[C@@]12CC[C@]1(COC(=O)C1)O2. The van der Waals surface area contributed by atoms with Crippen molar-refractivity contribution in [1.82, 2.24) is 0 Å². The first kappa shape index (κ1) is 29.0. The van der Waals surface area contributed by atoms with Crippen molar-refractivity contribution in [2.45, 2.75) is 83.0 Å². The molecule has 0 amide bonds. The number of carbonyl (C=O) groups is 3. The molecule has 0 radical (unpaired) electrons. The first-order valence-electron chi connectivity index (χ1n) is 14.1. The van der Waals surface area contributed by atoms with E-state index >= 15 is 0 Å². The van der Waals surface area contributed by atoms with Gasteiger partial charge in [0.1, 0.15) is 24.9 Å². The molecule has 9 nitrogen and oxygen atoms in total. The van der Waals surface area contributed by atoms with Gasteiger partial charge in [0, 0.05) is 10.8 Å². The lowest BCUT2D eigenvalue weighted by atomic mass is 9.43. The molecule has 222 valence electrons. The molecule has 4 fully saturated rings. The van der Waals surface area contributed by atoms with Gasteiger partial charge in [-0.2, -0.15) is 0 Å². The molecule has 0 N–H and O–H groups in total. The van der Waals surface area contributed by atoms with Crippen LogP contribution in [0.2, 0.25) is 0 Å². The van der Waals surface area contributed by atoms with Crippen molar-refractivity contribution in [2.24, 2.45) is 22.7 Å². The van der Waals surface area contributed by atoms with Gasteiger partial charge in [0.25, 0.3) is 0 Å². The topological polar surface area (TPSA) is 114 Å². The van der Waals surface area contributed by atoms with Gasteiger partial charge < -0.3 is 27.8 Å². The van der Waals surface area contributed by atoms with E-state index in [-0.39, 0.29) is 54.4 Å². The van der Waals surface area contributed by atoms with Crippen LogP contribution in [-0.2, 0) is 23.7 Å². The van der Waals surface area contributed by atoms with E-state index in [9.17, 15) is 14.4 Å². The molecule has 0 aromatic carbocycles. The van der Waals surface area contributed by atoms with Gasteiger partial charge in [-0.3, -0.25) is 4.79 Å². The third-order valence-electron chi connectivity index (χ3n) is 10.5. The fourth-order valence-electron chi connectivity index (χ4n) is 8.42. The predicted molar refractivity (Wildman–Crippen MR) is 151 cm³/mol. The van der Waals surface area contributed by atoms with Crippen LogP contribution in [0.25, 0.3) is 0 Å². The van der Waals surface area contributed by atoms with Crippen molar-refractivity contribution in [1.29, 1.82) is 0 Å². The number of ether oxygens (including phenoxy) is 4. The predicted octanol–water partition coefficient (Wildman–Crippen LogP) is 6.87. The molecule has 4 heterocycles. The highest BCUT2D eigenvalue weighted by atomic mass is 79.9. The number of hydrogen-bond donors (Lipinski definition) is 0. The van der Waals surface area contributed by atoms with Gasteiger partial charge in [0.15, 0.2) is 9.34 Å². The second-order valence-electron chi connectivity index (χ2n) is 12.7. The number of furan rings is 2. The molecule has 11 heteroatoms. The fraction of sp³-hybridized carbons (Fsp3) is 0.633. The molecular weight excluding hydrogens is 664 g/mol. The molecule has 2 aliphatic carbocycles. The van der Waals surface area contributed by atoms with Crippen molar-refractivity contribution in [3.63, 3.8) is 0 Å². The lowest BCUT2D eigenvalue weighted by molar-refractivity contribution is -0.265. The highest BCUT2D eigenvalue weighted by Crippen LogP contribution is 2.68. The third-order valence-corrected chi connectivity index (χ3v) is 11.4. The molecular formula is C30H34Br2O9. The summed E-state index contributed by atoms with van der Waals surface area (Å²) in [5.41, 5.74) is -2.14. The van der Waals surface area contributed by atoms with E-state index in [2.05, 4.69) is 45.7 Å². The quantitative estimate of drug-likeness (QED) is 0.244. The summed E-state index contributed by atoms with van der Waals surface area (Å²) in [6, 6.07) is 6.41. The molecule has 6 rings (SSSR count). The third kappa shape index (κ3) is 4.70. The average molecular weight is 698 g/mol. The summed E-state index contributed by atoms with van der Waals surface area (Å²) in [6.07, 6.45) is 4.37. The van der Waals surface area contributed by atoms with Crippen LogP contribution in [0.1, 0.15) is 86.8 Å². The number of carbonyl (C=O) groups excluding carboxylic acids is 3. The Labute approximate surface area is 255 Å². The second kappa shape index (κ2) is 10.3. The minimum atomic E-state index is -0.736. The summed E-state index contributed by atoms with van der Waals surface area (Å²) in [6.45, 7) is 6.88. The Morgan fingerprint density at radius 2 is 1.63 bits per heavy atom. The maximum absolute atomic E-state index is 13.2. The summed E-state index contributed by atoms with van der Waals surface area (Å²) in [5, 5.41) is 0. The van der Waals surface area contributed by atoms with Crippen LogP contribution >= 0.6 is 31.9 Å². The van der Waals surface area contributed by atoms with Gasteiger partial charge in [-0.1, -0.05) is 20.8 Å². The first-order chi connectivity index (χ1) is 19.4. The lowest BCUT2D eigenvalue weighted by Crippen LogP contribution is -2.67. The van der Waals surface area contributed by atoms with Crippen LogP contribution in [-0.4, -0.2) is 48.4 Å². The molecule has 0 unspecified atom stereocenters. The number of rotatable bonds is 5. The standard InChI is InChI=1S/C30H34Br2O9/c1-17-4-7-20-27(2,15-37-25(34)18-5-8-22(31)38-18)21(40-26(35)19-6-9-23(32)39-19)10-11-28(20,3)30(17)13-12-29(41-30)14-24(33)36-16-29/h5-6,8-9,17,20-21H,4,7,10-16H2,1-3H3/t17-,20+,21+,27+,28+,29+,30-/m1/s1. The molecule has 4 aliphatic rings. The van der Waals surface area contributed by atoms with Crippen LogP contribution in [0.4, 0.5) is 0 Å². The molecule has 0 bridgehead atoms. The Kier molecular flexibility index (Phi) is 7.25. The molecule has 7 atom stereocenters. The maximum Gasteiger partial charge on any atom is 0.374 e. The van der Waals surface area contributed by atoms with E-state index < -0.39 is 34.7 Å². The van der Waals surface area contributed by atoms with Crippen molar-refractivity contribution >= 4 is 49.8 Å². The van der Waals surface area contributed by atoms with Gasteiger partial charge in [0.2, 0.25) is 11.5 Å². The second-order valence-corrected chi connectivity index (χ2v) is 14.2. The van der Waals surface area contributed by atoms with E-state index in [1.54, 1.807) is 24.3 Å². The lowest BCUT2D eigenvalue weighted by Gasteiger charge is -2.65. The van der Waals surface area contributed by atoms with Gasteiger partial charge in [0.05, 0.1) is 12.0 Å². The fourth-order valence-corrected chi connectivity index (χ4v) is 9.04. The zero-order valence-electron chi connectivity index (χ0n) is 23.3. The minimum Gasteiger partial charge on any atom is -0.463 e. The minimum absolute atomic E-state index is 0.00889. The number of cyclic esters (lactones) is 1. The highest BCUT2D eigenvalue weighted by Gasteiger charge is 2.70. The van der Waals surface area contributed by atoms with E-state index in [0.717, 1.165) is 32.1 Å². The monoisotopic (exact) mass is 696 g/mol. The number of hydrogen-bond acceptors (Lipinski definition) is 9. The van der Waals surface area contributed by atoms with Crippen molar-refractivity contribution in [3.05, 3.63) is 45.1 Å². The number of halogens is 2. The smallest absolute Gasteiger partial charge is 0.374 e. The molecule has 2 spiro atoms. The zero-order chi connectivity index (χ0) is 29.2. The largest absolute Gasteiger partial charge is 0.463 e. The Bertz CT molecular complexity index is 1370. The molecule has 2 saturated carbocycles. The van der Waals surface area contributed by atoms with E-state index in [4.69, 9.17) is 27.8 Å². The number of esters is 3. The van der Waals surface area contributed by atoms with Crippen molar-refractivity contribution in [2.75, 3.05) is 13.2 Å². The first-order valence-corrected chi connectivity index (χ1v) is 15.7. The summed E-state index contributed by atoms with van der Waals surface area (Å²) in [5.74, 6) is -0.918.